The second kappa shape index (κ2) is 18.7. The van der Waals surface area contributed by atoms with Crippen LogP contribution in [0.25, 0.3) is 0 Å². The molecule has 0 fully saturated rings. The molecule has 0 bridgehead atoms. The van der Waals surface area contributed by atoms with Crippen LogP contribution in [0.5, 0.6) is 0 Å². The van der Waals surface area contributed by atoms with Gasteiger partial charge in [0, 0.05) is 25.7 Å². The molecule has 0 aliphatic carbocycles. The van der Waals surface area contributed by atoms with E-state index >= 15 is 0 Å². The molecule has 254 valence electrons. The van der Waals surface area contributed by atoms with Gasteiger partial charge in [-0.25, -0.2) is 4.79 Å². The summed E-state index contributed by atoms with van der Waals surface area (Å²) in [6.07, 6.45) is 2.27. The SMILES string of the molecule is CCCCC[C@@H](NC(=O)CC[C@H](CC(=O)C[C@@H](CCC(=O)OC(C)(C)C)C(=O)OC(C)(C)C)C(=O)OC(C)(C)C)C(=O)OC. The van der Waals surface area contributed by atoms with Crippen molar-refractivity contribution >= 4 is 35.6 Å². The van der Waals surface area contributed by atoms with E-state index in [-0.39, 0.29) is 38.5 Å². The monoisotopic (exact) mass is 627 g/mol. The lowest BCUT2D eigenvalue weighted by Gasteiger charge is -2.26. The van der Waals surface area contributed by atoms with Crippen LogP contribution in [0.15, 0.2) is 0 Å². The standard InChI is InChI=1S/C33H57NO10/c1-12-13-14-15-25(30(40)41-11)34-26(36)18-16-22(28(38)43-32(5,6)7)20-24(35)21-23(29(39)44-33(8,9)10)17-19-27(37)42-31(2,3)4/h22-23,25H,12-21H2,1-11H3,(H,34,36)/t22-,23-,25-/m1/s1. The van der Waals surface area contributed by atoms with Crippen molar-refractivity contribution in [3.63, 3.8) is 0 Å². The van der Waals surface area contributed by atoms with Crippen LogP contribution < -0.4 is 5.32 Å². The van der Waals surface area contributed by atoms with E-state index in [9.17, 15) is 28.8 Å². The third-order valence-electron chi connectivity index (χ3n) is 6.18. The maximum atomic E-state index is 13.3. The first-order valence-corrected chi connectivity index (χ1v) is 15.6. The lowest BCUT2D eigenvalue weighted by molar-refractivity contribution is -0.162. The highest BCUT2D eigenvalue weighted by molar-refractivity contribution is 5.89. The van der Waals surface area contributed by atoms with E-state index in [4.69, 9.17) is 18.9 Å². The van der Waals surface area contributed by atoms with Crippen LogP contribution in [0.3, 0.4) is 0 Å². The van der Waals surface area contributed by atoms with Gasteiger partial charge in [-0.1, -0.05) is 26.2 Å². The van der Waals surface area contributed by atoms with Gasteiger partial charge in [0.15, 0.2) is 0 Å². The summed E-state index contributed by atoms with van der Waals surface area (Å²) in [6, 6.07) is -0.805. The number of carbonyl (C=O) groups excluding carboxylic acids is 6. The Hall–Kier alpha value is -2.98. The highest BCUT2D eigenvalue weighted by Gasteiger charge is 2.33. The van der Waals surface area contributed by atoms with Crippen LogP contribution in [0.2, 0.25) is 0 Å². The van der Waals surface area contributed by atoms with Crippen molar-refractivity contribution in [3.8, 4) is 0 Å². The Morgan fingerprint density at radius 3 is 1.48 bits per heavy atom. The van der Waals surface area contributed by atoms with E-state index in [1.165, 1.54) is 7.11 Å². The molecule has 0 saturated heterocycles. The molecule has 0 saturated carbocycles. The number of carbonyl (C=O) groups is 6. The zero-order valence-corrected chi connectivity index (χ0v) is 28.9. The van der Waals surface area contributed by atoms with Crippen LogP contribution in [0.4, 0.5) is 0 Å². The number of hydrogen-bond acceptors (Lipinski definition) is 10. The lowest BCUT2D eigenvalue weighted by Crippen LogP contribution is -2.41. The Kier molecular flexibility index (Phi) is 17.5. The normalized spacial score (nSPS) is 14.1. The minimum Gasteiger partial charge on any atom is -0.467 e. The summed E-state index contributed by atoms with van der Waals surface area (Å²) in [5, 5.41) is 2.68. The van der Waals surface area contributed by atoms with E-state index in [1.54, 1.807) is 62.3 Å². The lowest BCUT2D eigenvalue weighted by atomic mass is 9.90. The Bertz CT molecular complexity index is 969. The fourth-order valence-electron chi connectivity index (χ4n) is 4.26. The fourth-order valence-corrected chi connectivity index (χ4v) is 4.26. The third-order valence-corrected chi connectivity index (χ3v) is 6.18. The second-order valence-electron chi connectivity index (χ2n) is 14.2. The first kappa shape index (κ1) is 41.0. The van der Waals surface area contributed by atoms with Crippen LogP contribution in [-0.4, -0.2) is 65.5 Å². The molecule has 44 heavy (non-hydrogen) atoms. The summed E-state index contributed by atoms with van der Waals surface area (Å²) in [5.74, 6) is -5.08. The van der Waals surface area contributed by atoms with Crippen LogP contribution >= 0.6 is 0 Å². The first-order chi connectivity index (χ1) is 20.1. The van der Waals surface area contributed by atoms with Gasteiger partial charge in [0.1, 0.15) is 28.6 Å². The summed E-state index contributed by atoms with van der Waals surface area (Å²) in [6.45, 7) is 17.4. The number of ether oxygens (including phenoxy) is 4. The maximum absolute atomic E-state index is 13.3. The van der Waals surface area contributed by atoms with Crippen LogP contribution in [-0.2, 0) is 47.7 Å². The number of amides is 1. The molecule has 11 nitrogen and oxygen atoms in total. The van der Waals surface area contributed by atoms with Gasteiger partial charge in [0.25, 0.3) is 0 Å². The summed E-state index contributed by atoms with van der Waals surface area (Å²) >= 11 is 0. The highest BCUT2D eigenvalue weighted by Crippen LogP contribution is 2.24. The highest BCUT2D eigenvalue weighted by atomic mass is 16.6. The third kappa shape index (κ3) is 20.1. The first-order valence-electron chi connectivity index (χ1n) is 15.6. The predicted octanol–water partition coefficient (Wildman–Crippen LogP) is 5.39. The average molecular weight is 628 g/mol. The van der Waals surface area contributed by atoms with Crippen molar-refractivity contribution in [1.82, 2.24) is 5.32 Å². The molecule has 0 aliphatic rings. The number of hydrogen-bond donors (Lipinski definition) is 1. The summed E-state index contributed by atoms with van der Waals surface area (Å²) < 4.78 is 21.2. The minimum absolute atomic E-state index is 0.00957. The number of nitrogens with one attached hydrogen (secondary N) is 1. The number of Topliss-reactive ketones (excluding diaryl/α,β-unsaturated/α-hetero) is 1. The van der Waals surface area contributed by atoms with Crippen LogP contribution in [0.1, 0.15) is 133 Å². The number of rotatable bonds is 18. The van der Waals surface area contributed by atoms with E-state index in [1.807, 2.05) is 6.92 Å². The van der Waals surface area contributed by atoms with E-state index < -0.39 is 70.2 Å². The minimum atomic E-state index is -0.964. The molecule has 0 aliphatic heterocycles. The molecule has 0 aromatic heterocycles. The van der Waals surface area contributed by atoms with Gasteiger partial charge >= 0.3 is 23.9 Å². The molecule has 0 unspecified atom stereocenters. The summed E-state index contributed by atoms with van der Waals surface area (Å²) in [4.78, 5) is 76.6. The van der Waals surface area contributed by atoms with Crippen molar-refractivity contribution in [2.75, 3.05) is 7.11 Å². The number of esters is 4. The van der Waals surface area contributed by atoms with E-state index in [0.717, 1.165) is 19.3 Å². The zero-order valence-electron chi connectivity index (χ0n) is 28.9. The Labute approximate surface area is 263 Å². The number of unbranched alkanes of at least 4 members (excludes halogenated alkanes) is 2. The van der Waals surface area contributed by atoms with Gasteiger partial charge in [0.05, 0.1) is 18.9 Å². The average Bonchev–Trinajstić information content (AvgIpc) is 2.84. The van der Waals surface area contributed by atoms with E-state index in [2.05, 4.69) is 5.32 Å². The Morgan fingerprint density at radius 1 is 0.614 bits per heavy atom. The van der Waals surface area contributed by atoms with Crippen LogP contribution in [0, 0.1) is 11.8 Å². The van der Waals surface area contributed by atoms with Crippen molar-refractivity contribution < 1.29 is 47.7 Å². The molecule has 3 atom stereocenters. The van der Waals surface area contributed by atoms with Gasteiger partial charge in [-0.2, -0.15) is 0 Å². The number of ketones is 1. The molecule has 11 heteroatoms. The van der Waals surface area contributed by atoms with Gasteiger partial charge in [0.2, 0.25) is 5.91 Å². The molecular weight excluding hydrogens is 570 g/mol. The topological polar surface area (TPSA) is 151 Å². The van der Waals surface area contributed by atoms with Gasteiger partial charge in [-0.15, -0.1) is 0 Å². The molecule has 0 spiro atoms. The molecule has 1 N–H and O–H groups in total. The Balaban J connectivity index is 5.70. The molecule has 1 amide bonds. The van der Waals surface area contributed by atoms with Gasteiger partial charge in [-0.05, 0) is 81.6 Å². The second-order valence-corrected chi connectivity index (χ2v) is 14.2. The quantitative estimate of drug-likeness (QED) is 0.119. The van der Waals surface area contributed by atoms with E-state index in [0.29, 0.717) is 6.42 Å². The molecule has 0 radical (unpaired) electrons. The fraction of sp³-hybridized carbons (Fsp3) is 0.818. The van der Waals surface area contributed by atoms with Crippen molar-refractivity contribution in [2.45, 2.75) is 156 Å². The van der Waals surface area contributed by atoms with Gasteiger partial charge < -0.3 is 24.3 Å². The Morgan fingerprint density at radius 2 is 1.07 bits per heavy atom. The summed E-state index contributed by atoms with van der Waals surface area (Å²) in [5.41, 5.74) is -2.34. The molecule has 0 aromatic carbocycles. The molecular formula is C33H57NO10. The summed E-state index contributed by atoms with van der Waals surface area (Å²) in [7, 11) is 1.25. The predicted molar refractivity (Wildman–Crippen MR) is 165 cm³/mol. The van der Waals surface area contributed by atoms with Crippen molar-refractivity contribution in [2.24, 2.45) is 11.8 Å². The van der Waals surface area contributed by atoms with Crippen molar-refractivity contribution in [3.05, 3.63) is 0 Å². The maximum Gasteiger partial charge on any atom is 0.328 e. The van der Waals surface area contributed by atoms with Gasteiger partial charge in [-0.3, -0.25) is 24.0 Å². The zero-order chi connectivity index (χ0) is 34.3. The largest absolute Gasteiger partial charge is 0.467 e. The smallest absolute Gasteiger partial charge is 0.328 e. The number of methoxy groups -OCH3 is 1. The molecule has 0 aromatic rings. The molecule has 0 rings (SSSR count). The van der Waals surface area contributed by atoms with Crippen molar-refractivity contribution in [1.29, 1.82) is 0 Å². The molecule has 0 heterocycles.